The van der Waals surface area contributed by atoms with Crippen LogP contribution in [0.2, 0.25) is 0 Å². The van der Waals surface area contributed by atoms with Crippen LogP contribution in [0.25, 0.3) is 11.1 Å². The van der Waals surface area contributed by atoms with Crippen molar-refractivity contribution in [1.82, 2.24) is 0 Å². The van der Waals surface area contributed by atoms with Crippen LogP contribution in [0.15, 0.2) is 42.5 Å². The Bertz CT molecular complexity index is 576. The van der Waals surface area contributed by atoms with E-state index in [-0.39, 0.29) is 5.78 Å². The largest absolute Gasteiger partial charge is 0.399 e. The monoisotopic (exact) mass is 226 g/mol. The van der Waals surface area contributed by atoms with Crippen LogP contribution in [0.1, 0.15) is 17.3 Å². The Morgan fingerprint density at radius 1 is 1.00 bits per heavy atom. The van der Waals surface area contributed by atoms with Crippen molar-refractivity contribution in [3.8, 4) is 11.1 Å². The van der Waals surface area contributed by atoms with Crippen LogP contribution in [-0.2, 0) is 0 Å². The highest BCUT2D eigenvalue weighted by molar-refractivity contribution is 6.02. The van der Waals surface area contributed by atoms with E-state index in [9.17, 15) is 4.79 Å². The van der Waals surface area contributed by atoms with E-state index < -0.39 is 0 Å². The molecule has 0 spiro atoms. The van der Waals surface area contributed by atoms with E-state index in [1.807, 2.05) is 30.3 Å². The van der Waals surface area contributed by atoms with Crippen LogP contribution in [0, 0.1) is 0 Å². The zero-order valence-electron chi connectivity index (χ0n) is 9.60. The van der Waals surface area contributed by atoms with E-state index in [0.717, 1.165) is 11.1 Å². The van der Waals surface area contributed by atoms with E-state index in [4.69, 9.17) is 11.5 Å². The van der Waals surface area contributed by atoms with Gasteiger partial charge in [0.2, 0.25) is 0 Å². The quantitative estimate of drug-likeness (QED) is 0.611. The fraction of sp³-hybridized carbons (Fsp3) is 0.0714. The lowest BCUT2D eigenvalue weighted by molar-refractivity contribution is 0.101. The Kier molecular flexibility index (Phi) is 2.83. The molecule has 0 aliphatic rings. The first-order chi connectivity index (χ1) is 8.09. The molecule has 0 unspecified atom stereocenters. The van der Waals surface area contributed by atoms with Crippen molar-refractivity contribution in [3.63, 3.8) is 0 Å². The summed E-state index contributed by atoms with van der Waals surface area (Å²) in [5.74, 6) is -0.0180. The van der Waals surface area contributed by atoms with Gasteiger partial charge in [0.15, 0.2) is 5.78 Å². The standard InChI is InChI=1S/C14H14N2O/c1-9(17)13-8-10(15)6-7-11(13)12-4-2-3-5-14(12)16/h2-8H,15-16H2,1H3. The van der Waals surface area contributed by atoms with E-state index in [2.05, 4.69) is 0 Å². The zero-order chi connectivity index (χ0) is 12.4. The first-order valence-corrected chi connectivity index (χ1v) is 5.35. The summed E-state index contributed by atoms with van der Waals surface area (Å²) >= 11 is 0. The molecule has 2 aromatic carbocycles. The van der Waals surface area contributed by atoms with Gasteiger partial charge in [-0.05, 0) is 30.7 Å². The molecule has 0 aliphatic carbocycles. The Hall–Kier alpha value is -2.29. The fourth-order valence-corrected chi connectivity index (χ4v) is 1.83. The number of carbonyl (C=O) groups excluding carboxylic acids is 1. The van der Waals surface area contributed by atoms with Crippen molar-refractivity contribution in [2.75, 3.05) is 11.5 Å². The predicted octanol–water partition coefficient (Wildman–Crippen LogP) is 2.72. The highest BCUT2D eigenvalue weighted by Crippen LogP contribution is 2.30. The average molecular weight is 226 g/mol. The van der Waals surface area contributed by atoms with E-state index in [0.29, 0.717) is 16.9 Å². The van der Waals surface area contributed by atoms with Gasteiger partial charge in [-0.2, -0.15) is 0 Å². The van der Waals surface area contributed by atoms with Crippen molar-refractivity contribution in [2.24, 2.45) is 0 Å². The number of Topliss-reactive ketones (excluding diaryl/α,β-unsaturated/α-hetero) is 1. The molecule has 0 saturated carbocycles. The number of hydrogen-bond acceptors (Lipinski definition) is 3. The molecule has 0 saturated heterocycles. The maximum absolute atomic E-state index is 11.6. The second-order valence-electron chi connectivity index (χ2n) is 3.95. The van der Waals surface area contributed by atoms with Crippen LogP contribution in [0.4, 0.5) is 11.4 Å². The Morgan fingerprint density at radius 3 is 2.35 bits per heavy atom. The number of anilines is 2. The van der Waals surface area contributed by atoms with Gasteiger partial charge in [0.1, 0.15) is 0 Å². The van der Waals surface area contributed by atoms with Gasteiger partial charge < -0.3 is 11.5 Å². The first kappa shape index (κ1) is 11.2. The number of benzene rings is 2. The number of para-hydroxylation sites is 1. The van der Waals surface area contributed by atoms with Gasteiger partial charge in [-0.3, -0.25) is 4.79 Å². The molecular weight excluding hydrogens is 212 g/mol. The van der Waals surface area contributed by atoms with Crippen molar-refractivity contribution in [2.45, 2.75) is 6.92 Å². The van der Waals surface area contributed by atoms with Crippen molar-refractivity contribution >= 4 is 17.2 Å². The fourth-order valence-electron chi connectivity index (χ4n) is 1.83. The molecule has 2 rings (SSSR count). The van der Waals surface area contributed by atoms with Gasteiger partial charge in [-0.15, -0.1) is 0 Å². The molecular formula is C14H14N2O. The molecule has 17 heavy (non-hydrogen) atoms. The number of nitrogen functional groups attached to an aromatic ring is 2. The Labute approximate surface area is 100 Å². The maximum atomic E-state index is 11.6. The summed E-state index contributed by atoms with van der Waals surface area (Å²) in [6.45, 7) is 1.53. The average Bonchev–Trinajstić information content (AvgIpc) is 2.30. The molecule has 86 valence electrons. The van der Waals surface area contributed by atoms with Gasteiger partial charge in [-0.25, -0.2) is 0 Å². The summed E-state index contributed by atoms with van der Waals surface area (Å²) in [7, 11) is 0. The second kappa shape index (κ2) is 4.29. The van der Waals surface area contributed by atoms with Crippen LogP contribution >= 0.6 is 0 Å². The molecule has 3 nitrogen and oxygen atoms in total. The third-order valence-electron chi connectivity index (χ3n) is 2.67. The summed E-state index contributed by atoms with van der Waals surface area (Å²) in [6.07, 6.45) is 0. The van der Waals surface area contributed by atoms with Crippen LogP contribution < -0.4 is 11.5 Å². The molecule has 0 aromatic heterocycles. The summed E-state index contributed by atoms with van der Waals surface area (Å²) < 4.78 is 0. The zero-order valence-corrected chi connectivity index (χ0v) is 9.60. The molecule has 0 bridgehead atoms. The van der Waals surface area contributed by atoms with Gasteiger partial charge >= 0.3 is 0 Å². The number of nitrogens with two attached hydrogens (primary N) is 2. The highest BCUT2D eigenvalue weighted by Gasteiger charge is 2.11. The van der Waals surface area contributed by atoms with Gasteiger partial charge in [-0.1, -0.05) is 24.3 Å². The molecule has 3 heteroatoms. The minimum atomic E-state index is -0.0180. The van der Waals surface area contributed by atoms with E-state index >= 15 is 0 Å². The molecule has 0 fully saturated rings. The van der Waals surface area contributed by atoms with Crippen LogP contribution in [-0.4, -0.2) is 5.78 Å². The molecule has 0 amide bonds. The third-order valence-corrected chi connectivity index (χ3v) is 2.67. The summed E-state index contributed by atoms with van der Waals surface area (Å²) in [5, 5.41) is 0. The van der Waals surface area contributed by atoms with Crippen molar-refractivity contribution in [3.05, 3.63) is 48.0 Å². The number of carbonyl (C=O) groups is 1. The summed E-state index contributed by atoms with van der Waals surface area (Å²) in [5.41, 5.74) is 15.1. The third kappa shape index (κ3) is 2.13. The first-order valence-electron chi connectivity index (χ1n) is 5.35. The Balaban J connectivity index is 2.68. The van der Waals surface area contributed by atoms with Gasteiger partial charge in [0.05, 0.1) is 0 Å². The minimum absolute atomic E-state index is 0.0180. The number of hydrogen-bond donors (Lipinski definition) is 2. The van der Waals surface area contributed by atoms with Gasteiger partial charge in [0.25, 0.3) is 0 Å². The predicted molar refractivity (Wildman–Crippen MR) is 70.7 cm³/mol. The summed E-state index contributed by atoms with van der Waals surface area (Å²) in [4.78, 5) is 11.6. The lowest BCUT2D eigenvalue weighted by Gasteiger charge is -2.10. The topological polar surface area (TPSA) is 69.1 Å². The Morgan fingerprint density at radius 2 is 1.71 bits per heavy atom. The second-order valence-corrected chi connectivity index (χ2v) is 3.95. The lowest BCUT2D eigenvalue weighted by atomic mass is 9.96. The molecule has 4 N–H and O–H groups in total. The van der Waals surface area contributed by atoms with Crippen molar-refractivity contribution < 1.29 is 4.79 Å². The van der Waals surface area contributed by atoms with Crippen molar-refractivity contribution in [1.29, 1.82) is 0 Å². The number of ketones is 1. The van der Waals surface area contributed by atoms with Crippen LogP contribution in [0.5, 0.6) is 0 Å². The summed E-state index contributed by atoms with van der Waals surface area (Å²) in [6, 6.07) is 12.8. The SMILES string of the molecule is CC(=O)c1cc(N)ccc1-c1ccccc1N. The van der Waals surface area contributed by atoms with E-state index in [1.165, 1.54) is 6.92 Å². The minimum Gasteiger partial charge on any atom is -0.399 e. The molecule has 0 aliphatic heterocycles. The van der Waals surface area contributed by atoms with Gasteiger partial charge in [0, 0.05) is 22.5 Å². The smallest absolute Gasteiger partial charge is 0.160 e. The molecule has 0 heterocycles. The van der Waals surface area contributed by atoms with E-state index in [1.54, 1.807) is 12.1 Å². The lowest BCUT2D eigenvalue weighted by Crippen LogP contribution is -2.00. The molecule has 0 atom stereocenters. The number of rotatable bonds is 2. The molecule has 0 radical (unpaired) electrons. The molecule has 2 aromatic rings. The maximum Gasteiger partial charge on any atom is 0.160 e. The normalized spacial score (nSPS) is 10.2. The highest BCUT2D eigenvalue weighted by atomic mass is 16.1. The van der Waals surface area contributed by atoms with Crippen LogP contribution in [0.3, 0.4) is 0 Å².